The zero-order valence-electron chi connectivity index (χ0n) is 9.53. The van der Waals surface area contributed by atoms with Crippen LogP contribution in [0.25, 0.3) is 0 Å². The molecule has 0 fully saturated rings. The molecule has 6 nitrogen and oxygen atoms in total. The van der Waals surface area contributed by atoms with Crippen LogP contribution in [0.2, 0.25) is 0 Å². The van der Waals surface area contributed by atoms with Crippen molar-refractivity contribution in [1.82, 2.24) is 4.98 Å². The van der Waals surface area contributed by atoms with Gasteiger partial charge >= 0.3 is 12.1 Å². The monoisotopic (exact) mass is 300 g/mol. The summed E-state index contributed by atoms with van der Waals surface area (Å²) in [5.41, 5.74) is -7.80. The Morgan fingerprint density at radius 1 is 1.40 bits per heavy atom. The average Bonchev–Trinajstić information content (AvgIpc) is 2.24. The number of aromatic carboxylic acids is 1. The molecule has 1 N–H and O–H groups in total. The summed E-state index contributed by atoms with van der Waals surface area (Å²) >= 11 is 0. The molecule has 1 aromatic heterocycles. The first-order valence-electron chi connectivity index (χ1n) is 4.76. The van der Waals surface area contributed by atoms with Crippen molar-refractivity contribution in [3.8, 4) is 0 Å². The van der Waals surface area contributed by atoms with E-state index in [1.165, 1.54) is 0 Å². The molecule has 110 valence electrons. The van der Waals surface area contributed by atoms with Crippen molar-refractivity contribution in [1.29, 1.82) is 0 Å². The minimum Gasteiger partial charge on any atom is -0.478 e. The van der Waals surface area contributed by atoms with Gasteiger partial charge < -0.3 is 5.11 Å². The van der Waals surface area contributed by atoms with E-state index in [0.29, 0.717) is 6.92 Å². The Balaban J connectivity index is 3.90. The SMILES string of the molecule is Cc1c(C(=O)O)c(C(F)(F)F)nc(C(F)F)c1[N+](=O)[O-]. The standard InChI is InChI=1S/C9H5F5N2O4/c1-2-3(8(17)18)6(9(12,13)14)15-4(7(10)11)5(2)16(19)20/h7H,1H3,(H,17,18). The van der Waals surface area contributed by atoms with Crippen molar-refractivity contribution in [3.05, 3.63) is 32.6 Å². The van der Waals surface area contributed by atoms with Gasteiger partial charge in [0.15, 0.2) is 11.4 Å². The third-order valence-electron chi connectivity index (χ3n) is 2.31. The molecule has 0 aliphatic rings. The molecule has 0 atom stereocenters. The van der Waals surface area contributed by atoms with Gasteiger partial charge in [-0.3, -0.25) is 10.1 Å². The number of carboxylic acid groups (broad SMARTS) is 1. The van der Waals surface area contributed by atoms with Crippen LogP contribution in [0.15, 0.2) is 0 Å². The van der Waals surface area contributed by atoms with Crippen molar-refractivity contribution in [2.75, 3.05) is 0 Å². The number of halogens is 5. The number of carboxylic acids is 1. The van der Waals surface area contributed by atoms with Gasteiger partial charge in [-0.15, -0.1) is 0 Å². The molecule has 11 heteroatoms. The van der Waals surface area contributed by atoms with Gasteiger partial charge in [0.2, 0.25) is 0 Å². The second kappa shape index (κ2) is 4.98. The van der Waals surface area contributed by atoms with Crippen molar-refractivity contribution in [2.45, 2.75) is 19.5 Å². The first kappa shape index (κ1) is 15.7. The predicted octanol–water partition coefficient (Wildman–Crippen LogP) is 2.95. The summed E-state index contributed by atoms with van der Waals surface area (Å²) < 4.78 is 63.0. The van der Waals surface area contributed by atoms with Crippen LogP contribution in [-0.2, 0) is 6.18 Å². The predicted molar refractivity (Wildman–Crippen MR) is 52.5 cm³/mol. The van der Waals surface area contributed by atoms with Gasteiger partial charge in [-0.2, -0.15) is 13.2 Å². The van der Waals surface area contributed by atoms with E-state index >= 15 is 0 Å². The van der Waals surface area contributed by atoms with E-state index in [-0.39, 0.29) is 0 Å². The number of carbonyl (C=O) groups is 1. The molecule has 0 aliphatic carbocycles. The quantitative estimate of drug-likeness (QED) is 0.526. The molecule has 0 unspecified atom stereocenters. The van der Waals surface area contributed by atoms with Crippen molar-refractivity contribution < 1.29 is 36.8 Å². The molecule has 20 heavy (non-hydrogen) atoms. The Bertz CT molecular complexity index is 585. The number of nitro groups is 1. The Morgan fingerprint density at radius 2 is 1.90 bits per heavy atom. The molecule has 1 aromatic rings. The summed E-state index contributed by atoms with van der Waals surface area (Å²) in [5.74, 6) is -2.15. The minimum absolute atomic E-state index is 0.643. The van der Waals surface area contributed by atoms with E-state index in [4.69, 9.17) is 5.11 Å². The summed E-state index contributed by atoms with van der Waals surface area (Å²) in [5, 5.41) is 19.3. The van der Waals surface area contributed by atoms with E-state index in [1.54, 1.807) is 0 Å². The first-order chi connectivity index (χ1) is 8.98. The van der Waals surface area contributed by atoms with Gasteiger partial charge in [0.1, 0.15) is 5.56 Å². The lowest BCUT2D eigenvalue weighted by molar-refractivity contribution is -0.387. The Kier molecular flexibility index (Phi) is 3.92. The van der Waals surface area contributed by atoms with Crippen LogP contribution >= 0.6 is 0 Å². The molecule has 0 spiro atoms. The van der Waals surface area contributed by atoms with Gasteiger partial charge in [0, 0.05) is 5.56 Å². The lowest BCUT2D eigenvalue weighted by Crippen LogP contribution is -2.20. The molecule has 0 aromatic carbocycles. The molecule has 0 amide bonds. The van der Waals surface area contributed by atoms with E-state index in [9.17, 15) is 36.9 Å². The first-order valence-corrected chi connectivity index (χ1v) is 4.76. The van der Waals surface area contributed by atoms with Gasteiger partial charge in [0.25, 0.3) is 12.1 Å². The molecule has 1 heterocycles. The fourth-order valence-electron chi connectivity index (χ4n) is 1.57. The molecule has 0 saturated carbocycles. The highest BCUT2D eigenvalue weighted by atomic mass is 19.4. The van der Waals surface area contributed by atoms with Crippen LogP contribution in [0.1, 0.15) is 33.7 Å². The zero-order chi connectivity index (χ0) is 15.8. The van der Waals surface area contributed by atoms with E-state index < -0.39 is 51.7 Å². The lowest BCUT2D eigenvalue weighted by atomic mass is 10.0. The van der Waals surface area contributed by atoms with Crippen LogP contribution in [0.3, 0.4) is 0 Å². The van der Waals surface area contributed by atoms with Crippen LogP contribution in [-0.4, -0.2) is 21.0 Å². The van der Waals surface area contributed by atoms with Crippen molar-refractivity contribution in [2.24, 2.45) is 0 Å². The van der Waals surface area contributed by atoms with Gasteiger partial charge in [0.05, 0.1) is 4.92 Å². The minimum atomic E-state index is -5.34. The summed E-state index contributed by atoms with van der Waals surface area (Å²) in [4.78, 5) is 22.5. The third kappa shape index (κ3) is 2.65. The topological polar surface area (TPSA) is 93.3 Å². The lowest BCUT2D eigenvalue weighted by Gasteiger charge is -2.14. The fourth-order valence-corrected chi connectivity index (χ4v) is 1.57. The number of hydrogen-bond donors (Lipinski definition) is 1. The summed E-state index contributed by atoms with van der Waals surface area (Å²) in [6, 6.07) is 0. The maximum Gasteiger partial charge on any atom is 0.434 e. The Labute approximate surface area is 107 Å². The second-order valence-electron chi connectivity index (χ2n) is 3.55. The molecule has 0 bridgehead atoms. The highest BCUT2D eigenvalue weighted by Gasteiger charge is 2.43. The van der Waals surface area contributed by atoms with Gasteiger partial charge in [-0.25, -0.2) is 18.6 Å². The highest BCUT2D eigenvalue weighted by Crippen LogP contribution is 2.39. The van der Waals surface area contributed by atoms with Crippen molar-refractivity contribution in [3.63, 3.8) is 0 Å². The number of pyridine rings is 1. The molecule has 0 aliphatic heterocycles. The third-order valence-corrected chi connectivity index (χ3v) is 2.31. The Hall–Kier alpha value is -2.33. The number of alkyl halides is 5. The Morgan fingerprint density at radius 3 is 2.20 bits per heavy atom. The maximum absolute atomic E-state index is 12.6. The molecular weight excluding hydrogens is 295 g/mol. The second-order valence-corrected chi connectivity index (χ2v) is 3.55. The van der Waals surface area contributed by atoms with E-state index in [1.807, 2.05) is 0 Å². The van der Waals surface area contributed by atoms with E-state index in [0.717, 1.165) is 0 Å². The smallest absolute Gasteiger partial charge is 0.434 e. The largest absolute Gasteiger partial charge is 0.478 e. The van der Waals surface area contributed by atoms with Crippen molar-refractivity contribution >= 4 is 11.7 Å². The average molecular weight is 300 g/mol. The van der Waals surface area contributed by atoms with E-state index in [2.05, 4.69) is 4.98 Å². The van der Waals surface area contributed by atoms with Crippen LogP contribution in [0, 0.1) is 17.0 Å². The fraction of sp³-hybridized carbons (Fsp3) is 0.333. The number of rotatable bonds is 3. The normalized spacial score (nSPS) is 11.8. The molecule has 0 saturated heterocycles. The molecule has 1 rings (SSSR count). The number of nitrogens with zero attached hydrogens (tertiary/aromatic N) is 2. The maximum atomic E-state index is 12.6. The van der Waals surface area contributed by atoms with Gasteiger partial charge in [-0.1, -0.05) is 0 Å². The van der Waals surface area contributed by atoms with Crippen LogP contribution < -0.4 is 0 Å². The summed E-state index contributed by atoms with van der Waals surface area (Å²) in [6.45, 7) is 0.643. The van der Waals surface area contributed by atoms with Gasteiger partial charge in [-0.05, 0) is 6.92 Å². The zero-order valence-corrected chi connectivity index (χ0v) is 9.53. The number of hydrogen-bond acceptors (Lipinski definition) is 4. The molecular formula is C9H5F5N2O4. The van der Waals surface area contributed by atoms with Crippen LogP contribution in [0.4, 0.5) is 27.6 Å². The number of aromatic nitrogens is 1. The summed E-state index contributed by atoms with van der Waals surface area (Å²) in [7, 11) is 0. The highest BCUT2D eigenvalue weighted by molar-refractivity contribution is 5.92. The van der Waals surface area contributed by atoms with Crippen LogP contribution in [0.5, 0.6) is 0 Å². The molecule has 0 radical (unpaired) electrons. The summed E-state index contributed by atoms with van der Waals surface area (Å²) in [6.07, 6.45) is -8.99.